The van der Waals surface area contributed by atoms with E-state index in [1.807, 2.05) is 70.0 Å². The molecule has 1 saturated heterocycles. The number of carbonyl (C=O) groups is 5. The second-order valence-corrected chi connectivity index (χ2v) is 14.1. The van der Waals surface area contributed by atoms with Crippen LogP contribution >= 0.6 is 23.7 Å². The van der Waals surface area contributed by atoms with E-state index in [2.05, 4.69) is 20.9 Å². The van der Waals surface area contributed by atoms with Gasteiger partial charge in [0.05, 0.1) is 12.0 Å². The summed E-state index contributed by atoms with van der Waals surface area (Å²) in [4.78, 5) is 71.2. The number of likely N-dealkylation sites (N-methyl/N-ethyl adjacent to an activating group) is 1. The Morgan fingerprint density at radius 3 is 2.31 bits per heavy atom. The van der Waals surface area contributed by atoms with E-state index < -0.39 is 35.9 Å². The lowest BCUT2D eigenvalue weighted by molar-refractivity contribution is -0.141. The molecule has 1 aliphatic rings. The highest BCUT2D eigenvalue weighted by atomic mass is 35.5. The van der Waals surface area contributed by atoms with Crippen LogP contribution in [0.15, 0.2) is 35.7 Å². The van der Waals surface area contributed by atoms with Gasteiger partial charge in [0.25, 0.3) is 5.91 Å². The molecule has 0 bridgehead atoms. The van der Waals surface area contributed by atoms with E-state index in [1.54, 1.807) is 6.92 Å². The third-order valence-corrected chi connectivity index (χ3v) is 9.98. The lowest BCUT2D eigenvalue weighted by atomic mass is 9.94. The fourth-order valence-corrected chi connectivity index (χ4v) is 6.50. The molecule has 3 rings (SSSR count). The number of carboxylic acid groups (broad SMARTS) is 1. The summed E-state index contributed by atoms with van der Waals surface area (Å²) in [5.41, 5.74) is 1.04. The molecule has 266 valence electrons. The molecular weight excluding hydrogens is 654 g/mol. The first-order valence-electron chi connectivity index (χ1n) is 16.7. The number of nitrogens with zero attached hydrogens (tertiary/aromatic N) is 2. The van der Waals surface area contributed by atoms with Crippen molar-refractivity contribution < 1.29 is 29.1 Å². The minimum atomic E-state index is -0.944. The monoisotopic (exact) mass is 705 g/mol. The van der Waals surface area contributed by atoms with Gasteiger partial charge in [0.1, 0.15) is 11.7 Å². The number of halogens is 1. The number of ketones is 1. The van der Waals surface area contributed by atoms with Gasteiger partial charge in [0.15, 0.2) is 10.8 Å². The average Bonchev–Trinajstić information content (AvgIpc) is 3.54. The predicted octanol–water partition coefficient (Wildman–Crippen LogP) is 4.75. The fourth-order valence-electron chi connectivity index (χ4n) is 5.76. The summed E-state index contributed by atoms with van der Waals surface area (Å²) in [6.45, 7) is 10.2. The molecule has 0 spiro atoms. The first kappa shape index (κ1) is 40.8. The number of nitrogens with one attached hydrogen (secondary N) is 3. The van der Waals surface area contributed by atoms with Gasteiger partial charge < -0.3 is 21.1 Å². The number of aliphatic carboxylic acids is 1. The quantitative estimate of drug-likeness (QED) is 0.172. The third-order valence-electron chi connectivity index (χ3n) is 9.10. The number of hydrogen-bond donors (Lipinski definition) is 4. The van der Waals surface area contributed by atoms with E-state index in [-0.39, 0.29) is 71.4 Å². The van der Waals surface area contributed by atoms with E-state index in [9.17, 15) is 29.1 Å². The van der Waals surface area contributed by atoms with Gasteiger partial charge in [-0.2, -0.15) is 0 Å². The molecule has 6 atom stereocenters. The molecule has 1 aliphatic heterocycles. The number of aromatic nitrogens is 1. The van der Waals surface area contributed by atoms with Crippen LogP contribution in [-0.2, 0) is 20.8 Å². The molecule has 11 nitrogen and oxygen atoms in total. The van der Waals surface area contributed by atoms with Gasteiger partial charge in [0.2, 0.25) is 11.8 Å². The summed E-state index contributed by atoms with van der Waals surface area (Å²) in [6.07, 6.45) is 4.13. The fraction of sp³-hybridized carbons (Fsp3) is 0.600. The number of Topliss-reactive ketones (excluding diaryl/α,β-unsaturated/α-hetero) is 1. The summed E-state index contributed by atoms with van der Waals surface area (Å²) in [5, 5.41) is 20.0. The van der Waals surface area contributed by atoms with Crippen molar-refractivity contribution in [2.24, 2.45) is 17.8 Å². The summed E-state index contributed by atoms with van der Waals surface area (Å²) in [6, 6.07) is 7.54. The molecule has 2 heterocycles. The summed E-state index contributed by atoms with van der Waals surface area (Å²) < 4.78 is 0. The second kappa shape index (κ2) is 19.6. The number of carboxylic acids is 1. The minimum absolute atomic E-state index is 0. The van der Waals surface area contributed by atoms with E-state index in [1.165, 1.54) is 5.38 Å². The molecule has 0 unspecified atom stereocenters. The highest BCUT2D eigenvalue weighted by Crippen LogP contribution is 2.20. The summed E-state index contributed by atoms with van der Waals surface area (Å²) in [5.74, 6) is -3.07. The van der Waals surface area contributed by atoms with Gasteiger partial charge >= 0.3 is 5.97 Å². The smallest absolute Gasteiger partial charge is 0.306 e. The largest absolute Gasteiger partial charge is 0.481 e. The second-order valence-electron chi connectivity index (χ2n) is 13.2. The van der Waals surface area contributed by atoms with Gasteiger partial charge in [-0.1, -0.05) is 77.8 Å². The molecule has 0 aliphatic carbocycles. The van der Waals surface area contributed by atoms with Crippen molar-refractivity contribution in [2.75, 3.05) is 13.6 Å². The molecular formula is C35H52ClN5O6S. The van der Waals surface area contributed by atoms with Crippen molar-refractivity contribution in [1.29, 1.82) is 0 Å². The van der Waals surface area contributed by atoms with Gasteiger partial charge in [-0.05, 0) is 56.7 Å². The Bertz CT molecular complexity index is 1370. The Labute approximate surface area is 294 Å². The van der Waals surface area contributed by atoms with Crippen LogP contribution in [0.1, 0.15) is 99.0 Å². The maximum atomic E-state index is 13.6. The zero-order valence-corrected chi connectivity index (χ0v) is 30.5. The highest BCUT2D eigenvalue weighted by Gasteiger charge is 2.34. The molecule has 1 fully saturated rings. The molecule has 0 radical (unpaired) electrons. The van der Waals surface area contributed by atoms with Crippen LogP contribution in [0.5, 0.6) is 0 Å². The van der Waals surface area contributed by atoms with Crippen LogP contribution in [0.4, 0.5) is 0 Å². The van der Waals surface area contributed by atoms with E-state index >= 15 is 0 Å². The van der Waals surface area contributed by atoms with Crippen molar-refractivity contribution in [3.8, 4) is 0 Å². The summed E-state index contributed by atoms with van der Waals surface area (Å²) >= 11 is 1.06. The topological polar surface area (TPSA) is 158 Å². The number of piperidine rings is 1. The zero-order valence-electron chi connectivity index (χ0n) is 28.9. The standard InChI is InChI=1S/C35H51N5O6S.ClH/c1-7-22(4)30(39-32(43)28-15-11-12-16-40(28)6)33(44)37-26(21(2)3)19-29(41)34-38-27(20-47-34)31(42)36-25(17-23(5)35(45)46)18-24-13-9-8-10-14-24;/h8-10,13-14,20-23,25-26,28,30H,7,11-12,15-19H2,1-6H3,(H,36,42)(H,37,44)(H,39,43)(H,45,46);1H/t22-,23-,25+,26+,28-,30-;/m0./s1. The van der Waals surface area contributed by atoms with Crippen LogP contribution in [0, 0.1) is 17.8 Å². The van der Waals surface area contributed by atoms with Crippen molar-refractivity contribution in [3.05, 3.63) is 52.0 Å². The van der Waals surface area contributed by atoms with E-state index in [0.717, 1.165) is 42.7 Å². The van der Waals surface area contributed by atoms with Crippen molar-refractivity contribution in [1.82, 2.24) is 25.8 Å². The molecule has 48 heavy (non-hydrogen) atoms. The first-order chi connectivity index (χ1) is 22.3. The van der Waals surface area contributed by atoms with Crippen LogP contribution in [0.25, 0.3) is 0 Å². The molecule has 2 aromatic rings. The Morgan fingerprint density at radius 1 is 1.02 bits per heavy atom. The molecule has 4 N–H and O–H groups in total. The predicted molar refractivity (Wildman–Crippen MR) is 190 cm³/mol. The maximum Gasteiger partial charge on any atom is 0.306 e. The summed E-state index contributed by atoms with van der Waals surface area (Å²) in [7, 11) is 1.93. The maximum absolute atomic E-state index is 13.6. The van der Waals surface area contributed by atoms with Gasteiger partial charge in [-0.15, -0.1) is 23.7 Å². The number of hydrogen-bond acceptors (Lipinski definition) is 8. The Balaban J connectivity index is 0.00000800. The number of thiazole rings is 1. The van der Waals surface area contributed by atoms with Crippen LogP contribution in [0.2, 0.25) is 0 Å². The minimum Gasteiger partial charge on any atom is -0.481 e. The zero-order chi connectivity index (χ0) is 34.7. The van der Waals surface area contributed by atoms with E-state index in [0.29, 0.717) is 12.8 Å². The first-order valence-corrected chi connectivity index (χ1v) is 17.6. The number of amides is 3. The number of rotatable bonds is 17. The van der Waals surface area contributed by atoms with E-state index in [4.69, 9.17) is 0 Å². The Hall–Kier alpha value is -3.35. The molecule has 0 saturated carbocycles. The van der Waals surface area contributed by atoms with Gasteiger partial charge in [-0.25, -0.2) is 4.98 Å². The van der Waals surface area contributed by atoms with Gasteiger partial charge in [-0.3, -0.25) is 28.9 Å². The van der Waals surface area contributed by atoms with Crippen molar-refractivity contribution in [2.45, 2.75) is 104 Å². The number of carbonyl (C=O) groups excluding carboxylic acids is 4. The highest BCUT2D eigenvalue weighted by molar-refractivity contribution is 7.11. The lowest BCUT2D eigenvalue weighted by Crippen LogP contribution is -2.57. The Morgan fingerprint density at radius 2 is 1.71 bits per heavy atom. The third kappa shape index (κ3) is 12.0. The van der Waals surface area contributed by atoms with Crippen molar-refractivity contribution >= 4 is 53.2 Å². The van der Waals surface area contributed by atoms with Crippen molar-refractivity contribution in [3.63, 3.8) is 0 Å². The average molecular weight is 706 g/mol. The molecule has 13 heteroatoms. The SMILES string of the molecule is CC[C@H](C)[C@H](NC(=O)[C@@H]1CCCCN1C)C(=O)N[C@H](CC(=O)c1nc(C(=O)N[C@@H](Cc2ccccc2)C[C@H](C)C(=O)O)cs1)C(C)C.Cl. The van der Waals surface area contributed by atoms with Crippen LogP contribution in [0.3, 0.4) is 0 Å². The Kier molecular flexibility index (Phi) is 16.7. The van der Waals surface area contributed by atoms with Gasteiger partial charge in [0, 0.05) is 23.9 Å². The number of likely N-dealkylation sites (tertiary alicyclic amines) is 1. The molecule has 1 aromatic heterocycles. The van der Waals surface area contributed by atoms with Crippen LogP contribution in [-0.4, -0.2) is 82.2 Å². The lowest BCUT2D eigenvalue weighted by Gasteiger charge is -2.34. The normalized spacial score (nSPS) is 18.0. The molecule has 3 amide bonds. The van der Waals surface area contributed by atoms with Crippen LogP contribution < -0.4 is 16.0 Å². The molecule has 1 aromatic carbocycles. The number of benzene rings is 1.